The molecule has 0 aromatic heterocycles. The molecule has 1 fully saturated rings. The second-order valence-electron chi connectivity index (χ2n) is 3.85. The van der Waals surface area contributed by atoms with Gasteiger partial charge >= 0.3 is 30.0 Å². The molecule has 2 nitrogen and oxygen atoms in total. The zero-order chi connectivity index (χ0) is 12.7. The Morgan fingerprint density at radius 2 is 2.06 bits per heavy atom. The van der Waals surface area contributed by atoms with Crippen LogP contribution in [0.2, 0.25) is 0 Å². The summed E-state index contributed by atoms with van der Waals surface area (Å²) in [5, 5.41) is 0. The van der Waals surface area contributed by atoms with Crippen molar-refractivity contribution in [1.82, 2.24) is 0 Å². The summed E-state index contributed by atoms with van der Waals surface area (Å²) < 4.78 is 11.3. The first-order valence-electron chi connectivity index (χ1n) is 5.73. The standard InChI is InChI=1S/C13H17O2.BrH.Zn/c1-3-14-12-9-10(2)13(15-12)11-7-5-4-6-8-11;;/h4-8,10,12-13H,2-3,9H2,1H3;1H;/q-1;;+2/p-1/t10-,12?,13-;;/m1../s1. The van der Waals surface area contributed by atoms with Crippen LogP contribution >= 0.6 is 13.6 Å². The van der Waals surface area contributed by atoms with E-state index in [-0.39, 0.29) is 18.3 Å². The first-order valence-corrected chi connectivity index (χ1v) is 12.7. The third kappa shape index (κ3) is 4.44. The Morgan fingerprint density at radius 3 is 2.65 bits per heavy atom. The van der Waals surface area contributed by atoms with Gasteiger partial charge in [-0.05, 0) is 18.9 Å². The predicted octanol–water partition coefficient (Wildman–Crippen LogP) is 3.80. The van der Waals surface area contributed by atoms with Crippen molar-refractivity contribution in [3.63, 3.8) is 0 Å². The van der Waals surface area contributed by atoms with Gasteiger partial charge in [0.15, 0.2) is 6.29 Å². The van der Waals surface area contributed by atoms with Crippen molar-refractivity contribution in [2.75, 3.05) is 6.61 Å². The van der Waals surface area contributed by atoms with Crippen molar-refractivity contribution in [3.8, 4) is 0 Å². The van der Waals surface area contributed by atoms with Crippen LogP contribution in [0.1, 0.15) is 25.0 Å². The van der Waals surface area contributed by atoms with E-state index in [1.807, 2.05) is 25.1 Å². The molecule has 0 radical (unpaired) electrons. The van der Waals surface area contributed by atoms with Crippen LogP contribution in [0.3, 0.4) is 0 Å². The van der Waals surface area contributed by atoms with Gasteiger partial charge in [0, 0.05) is 6.61 Å². The van der Waals surface area contributed by atoms with E-state index in [0.717, 1.165) is 6.42 Å². The summed E-state index contributed by atoms with van der Waals surface area (Å²) in [5.41, 5.74) is 1.19. The third-order valence-electron chi connectivity index (χ3n) is 2.70. The molecule has 90 valence electrons. The second-order valence-corrected chi connectivity index (χ2v) is 3.85. The number of ether oxygens (including phenoxy) is 2. The van der Waals surface area contributed by atoms with Crippen LogP contribution in [0.5, 0.6) is 0 Å². The molecule has 2 rings (SSSR count). The summed E-state index contributed by atoms with van der Waals surface area (Å²) in [6, 6.07) is 10.2. The van der Waals surface area contributed by atoms with Gasteiger partial charge in [0.05, 0.1) is 6.10 Å². The fourth-order valence-corrected chi connectivity index (χ4v) is 1.99. The monoisotopic (exact) mass is 348 g/mol. The molecular formula is C13H17BrO2Zn. The fraction of sp³-hybridized carbons (Fsp3) is 0.462. The molecule has 1 aromatic carbocycles. The SMILES string of the molecule is [CH2-][C@@H]1CC(OCC)O[C@H]1c1ccccc1.[Zn+][Br]. The predicted molar refractivity (Wildman–Crippen MR) is 68.1 cm³/mol. The van der Waals surface area contributed by atoms with Crippen molar-refractivity contribution < 1.29 is 25.8 Å². The molecule has 1 unspecified atom stereocenters. The van der Waals surface area contributed by atoms with Gasteiger partial charge in [-0.25, -0.2) is 0 Å². The average molecular weight is 351 g/mol. The second kappa shape index (κ2) is 8.36. The fourth-order valence-electron chi connectivity index (χ4n) is 1.99. The normalized spacial score (nSPS) is 27.5. The quantitative estimate of drug-likeness (QED) is 0.610. The van der Waals surface area contributed by atoms with E-state index in [9.17, 15) is 0 Å². The molecule has 4 heteroatoms. The van der Waals surface area contributed by atoms with Crippen molar-refractivity contribution in [2.45, 2.75) is 25.7 Å². The molecule has 1 aliphatic heterocycles. The summed E-state index contributed by atoms with van der Waals surface area (Å²) in [4.78, 5) is 0. The van der Waals surface area contributed by atoms with Gasteiger partial charge in [0.1, 0.15) is 0 Å². The summed E-state index contributed by atoms with van der Waals surface area (Å²) in [6.07, 6.45) is 0.887. The summed E-state index contributed by atoms with van der Waals surface area (Å²) in [5.74, 6) is 0.281. The van der Waals surface area contributed by atoms with Gasteiger partial charge in [0.25, 0.3) is 0 Å². The van der Waals surface area contributed by atoms with E-state index < -0.39 is 0 Å². The van der Waals surface area contributed by atoms with Crippen molar-refractivity contribution in [3.05, 3.63) is 42.8 Å². The molecule has 0 aliphatic carbocycles. The maximum atomic E-state index is 5.82. The van der Waals surface area contributed by atoms with E-state index in [1.165, 1.54) is 21.9 Å². The Bertz CT molecular complexity index is 308. The zero-order valence-corrected chi connectivity index (χ0v) is 14.7. The van der Waals surface area contributed by atoms with Crippen LogP contribution in [-0.2, 0) is 25.8 Å². The number of halogens is 1. The van der Waals surface area contributed by atoms with Gasteiger partial charge in [-0.2, -0.15) is 0 Å². The van der Waals surface area contributed by atoms with Gasteiger partial charge < -0.3 is 16.4 Å². The van der Waals surface area contributed by atoms with Crippen LogP contribution in [0.15, 0.2) is 30.3 Å². The molecule has 0 spiro atoms. The number of hydrogen-bond donors (Lipinski definition) is 0. The Balaban J connectivity index is 0.000000686. The van der Waals surface area contributed by atoms with Crippen molar-refractivity contribution >= 4 is 13.6 Å². The third-order valence-corrected chi connectivity index (χ3v) is 2.70. The molecule has 17 heavy (non-hydrogen) atoms. The number of benzene rings is 1. The number of rotatable bonds is 3. The topological polar surface area (TPSA) is 18.5 Å². The van der Waals surface area contributed by atoms with E-state index >= 15 is 0 Å². The van der Waals surface area contributed by atoms with E-state index in [1.54, 1.807) is 0 Å². The minimum atomic E-state index is -0.0808. The van der Waals surface area contributed by atoms with Gasteiger partial charge in [-0.3, -0.25) is 0 Å². The first kappa shape index (κ1) is 15.3. The zero-order valence-electron chi connectivity index (χ0n) is 10.1. The van der Waals surface area contributed by atoms with Crippen LogP contribution in [-0.4, -0.2) is 12.9 Å². The summed E-state index contributed by atoms with van der Waals surface area (Å²) in [6.45, 7) is 6.80. The molecule has 3 atom stereocenters. The minimum absolute atomic E-state index is 0.0808. The first-order chi connectivity index (χ1) is 8.31. The average Bonchev–Trinajstić information content (AvgIpc) is 2.74. The van der Waals surface area contributed by atoms with E-state index in [0.29, 0.717) is 6.61 Å². The van der Waals surface area contributed by atoms with E-state index in [2.05, 4.69) is 32.7 Å². The Hall–Kier alpha value is 0.243. The molecule has 1 saturated heterocycles. The molecule has 0 amide bonds. The number of hydrogen-bond acceptors (Lipinski definition) is 2. The van der Waals surface area contributed by atoms with Gasteiger partial charge in [0.2, 0.25) is 0 Å². The Morgan fingerprint density at radius 1 is 1.41 bits per heavy atom. The maximum absolute atomic E-state index is 5.82. The van der Waals surface area contributed by atoms with Crippen LogP contribution < -0.4 is 0 Å². The van der Waals surface area contributed by atoms with Crippen molar-refractivity contribution in [1.29, 1.82) is 0 Å². The Kier molecular flexibility index (Phi) is 7.53. The summed E-state index contributed by atoms with van der Waals surface area (Å²) in [7, 11) is 0. The van der Waals surface area contributed by atoms with Crippen LogP contribution in [0, 0.1) is 12.8 Å². The van der Waals surface area contributed by atoms with Crippen molar-refractivity contribution in [2.24, 2.45) is 5.92 Å². The summed E-state index contributed by atoms with van der Waals surface area (Å²) >= 11 is 4.25. The van der Waals surface area contributed by atoms with Crippen LogP contribution in [0.25, 0.3) is 0 Å². The molecule has 0 saturated carbocycles. The molecule has 0 bridgehead atoms. The molecule has 1 heterocycles. The molecule has 1 aromatic rings. The van der Waals surface area contributed by atoms with Gasteiger partial charge in [-0.1, -0.05) is 30.3 Å². The van der Waals surface area contributed by atoms with E-state index in [4.69, 9.17) is 9.47 Å². The van der Waals surface area contributed by atoms with Crippen LogP contribution in [0.4, 0.5) is 0 Å². The van der Waals surface area contributed by atoms with Gasteiger partial charge in [-0.15, -0.1) is 5.92 Å². The Labute approximate surface area is 120 Å². The molecule has 1 aliphatic rings. The molecular weight excluding hydrogens is 333 g/mol. The molecule has 0 N–H and O–H groups in total.